The Morgan fingerprint density at radius 1 is 1.17 bits per heavy atom. The molecule has 0 spiro atoms. The quantitative estimate of drug-likeness (QED) is 0.429. The van der Waals surface area contributed by atoms with Crippen LogP contribution in [0.1, 0.15) is 24.0 Å². The van der Waals surface area contributed by atoms with Gasteiger partial charge in [0.05, 0.1) is 10.5 Å². The number of nitrogens with one attached hydrogen (secondary N) is 1. The minimum atomic E-state index is -4.67. The maximum absolute atomic E-state index is 13.2. The van der Waals surface area contributed by atoms with E-state index in [0.717, 1.165) is 12.1 Å². The molecule has 1 saturated heterocycles. The number of nitro benzene ring substituents is 1. The summed E-state index contributed by atoms with van der Waals surface area (Å²) in [6.07, 6.45) is -3.92. The normalized spacial score (nSPS) is 15.2. The molecular weight excluding hydrogens is 406 g/mol. The number of carbonyl (C=O) groups is 1. The lowest BCUT2D eigenvalue weighted by Gasteiger charge is -2.32. The van der Waals surface area contributed by atoms with Crippen molar-refractivity contribution < 1.29 is 27.3 Å². The number of hydrogen-bond donors (Lipinski definition) is 1. The maximum Gasteiger partial charge on any atom is 0.416 e. The zero-order valence-corrected chi connectivity index (χ0v) is 16.0. The van der Waals surface area contributed by atoms with Crippen molar-refractivity contribution in [3.05, 3.63) is 63.5 Å². The predicted octanol–water partition coefficient (Wildman–Crippen LogP) is 4.92. The van der Waals surface area contributed by atoms with E-state index >= 15 is 0 Å². The third-order valence-electron chi connectivity index (χ3n) is 5.15. The molecule has 0 aliphatic carbocycles. The fraction of sp³-hybridized carbons (Fsp3) is 0.350. The molecule has 1 aliphatic rings. The largest absolute Gasteiger partial charge is 0.416 e. The summed E-state index contributed by atoms with van der Waals surface area (Å²) >= 11 is 0. The van der Waals surface area contributed by atoms with Gasteiger partial charge >= 0.3 is 6.18 Å². The van der Waals surface area contributed by atoms with E-state index in [9.17, 15) is 32.5 Å². The molecule has 0 aromatic heterocycles. The van der Waals surface area contributed by atoms with Crippen LogP contribution in [0.5, 0.6) is 0 Å². The summed E-state index contributed by atoms with van der Waals surface area (Å²) in [6.45, 7) is 2.24. The Bertz CT molecular complexity index is 970. The lowest BCUT2D eigenvalue weighted by Crippen LogP contribution is -2.38. The van der Waals surface area contributed by atoms with E-state index in [-0.39, 0.29) is 30.6 Å². The molecular formula is C20H19F4N3O3. The zero-order chi connectivity index (χ0) is 22.1. The highest BCUT2D eigenvalue weighted by atomic mass is 19.4. The van der Waals surface area contributed by atoms with E-state index in [1.165, 1.54) is 18.2 Å². The number of aryl methyl sites for hydroxylation is 1. The number of amides is 1. The molecule has 2 aromatic rings. The van der Waals surface area contributed by atoms with Crippen LogP contribution < -0.4 is 10.2 Å². The van der Waals surface area contributed by atoms with Crippen molar-refractivity contribution >= 4 is 23.0 Å². The number of rotatable bonds is 4. The summed E-state index contributed by atoms with van der Waals surface area (Å²) in [7, 11) is 0. The van der Waals surface area contributed by atoms with E-state index in [1.54, 1.807) is 11.8 Å². The number of hydrogen-bond acceptors (Lipinski definition) is 4. The average molecular weight is 425 g/mol. The van der Waals surface area contributed by atoms with Crippen molar-refractivity contribution in [2.75, 3.05) is 23.3 Å². The molecule has 1 fully saturated rings. The van der Waals surface area contributed by atoms with Crippen molar-refractivity contribution in [2.45, 2.75) is 25.9 Å². The molecule has 0 atom stereocenters. The Morgan fingerprint density at radius 3 is 2.40 bits per heavy atom. The maximum atomic E-state index is 13.2. The minimum Gasteiger partial charge on any atom is -0.366 e. The first-order chi connectivity index (χ1) is 14.1. The molecule has 160 valence electrons. The third kappa shape index (κ3) is 4.69. The lowest BCUT2D eigenvalue weighted by molar-refractivity contribution is -0.384. The highest BCUT2D eigenvalue weighted by molar-refractivity contribution is 5.93. The molecule has 6 nitrogen and oxygen atoms in total. The Balaban J connectivity index is 1.69. The van der Waals surface area contributed by atoms with E-state index in [1.807, 2.05) is 0 Å². The number of nitrogens with zero attached hydrogens (tertiary/aromatic N) is 2. The fourth-order valence-electron chi connectivity index (χ4n) is 3.50. The first-order valence-electron chi connectivity index (χ1n) is 9.24. The van der Waals surface area contributed by atoms with E-state index < -0.39 is 28.2 Å². The molecule has 1 N–H and O–H groups in total. The van der Waals surface area contributed by atoms with Crippen LogP contribution in [-0.2, 0) is 11.0 Å². The van der Waals surface area contributed by atoms with Gasteiger partial charge in [0.2, 0.25) is 5.91 Å². The van der Waals surface area contributed by atoms with Crippen molar-refractivity contribution in [3.8, 4) is 0 Å². The number of nitro groups is 1. The summed E-state index contributed by atoms with van der Waals surface area (Å²) in [6, 6.07) is 6.48. The number of anilines is 2. The standard InChI is InChI=1S/C20H19F4N3O3/c1-12-10-15(21)3-4-16(12)25-19(28)13-6-8-26(9-7-13)17-5-2-14(20(22,23)24)11-18(17)27(29)30/h2-5,10-11,13H,6-9H2,1H3,(H,25,28). The molecule has 3 rings (SSSR count). The van der Waals surface area contributed by atoms with Gasteiger partial charge in [-0.3, -0.25) is 14.9 Å². The van der Waals surface area contributed by atoms with Gasteiger partial charge in [-0.25, -0.2) is 4.39 Å². The molecule has 0 radical (unpaired) electrons. The molecule has 30 heavy (non-hydrogen) atoms. The van der Waals surface area contributed by atoms with Crippen LogP contribution in [0, 0.1) is 28.8 Å². The van der Waals surface area contributed by atoms with Gasteiger partial charge in [-0.1, -0.05) is 0 Å². The molecule has 1 aliphatic heterocycles. The van der Waals surface area contributed by atoms with Crippen LogP contribution in [-0.4, -0.2) is 23.9 Å². The van der Waals surface area contributed by atoms with Gasteiger partial charge in [-0.2, -0.15) is 13.2 Å². The number of halogens is 4. The number of carbonyl (C=O) groups excluding carboxylic acids is 1. The SMILES string of the molecule is Cc1cc(F)ccc1NC(=O)C1CCN(c2ccc(C(F)(F)F)cc2[N+](=O)[O-])CC1. The molecule has 1 heterocycles. The average Bonchev–Trinajstić information content (AvgIpc) is 2.69. The predicted molar refractivity (Wildman–Crippen MR) is 103 cm³/mol. The van der Waals surface area contributed by atoms with Gasteiger partial charge in [0.1, 0.15) is 11.5 Å². The summed E-state index contributed by atoms with van der Waals surface area (Å²) in [5.74, 6) is -1.01. The highest BCUT2D eigenvalue weighted by Crippen LogP contribution is 2.37. The number of alkyl halides is 3. The summed E-state index contributed by atoms with van der Waals surface area (Å²) in [5.41, 5.74) is -0.513. The van der Waals surface area contributed by atoms with E-state index in [2.05, 4.69) is 5.32 Å². The Kier molecular flexibility index (Phi) is 5.95. The van der Waals surface area contributed by atoms with Crippen molar-refractivity contribution in [1.29, 1.82) is 0 Å². The summed E-state index contributed by atoms with van der Waals surface area (Å²) in [4.78, 5) is 24.6. The van der Waals surface area contributed by atoms with Crippen LogP contribution in [0.25, 0.3) is 0 Å². The van der Waals surface area contributed by atoms with Crippen LogP contribution in [0.4, 0.5) is 34.6 Å². The first-order valence-corrected chi connectivity index (χ1v) is 9.24. The Morgan fingerprint density at radius 2 is 1.83 bits per heavy atom. The summed E-state index contributed by atoms with van der Waals surface area (Å²) in [5, 5.41) is 14.1. The van der Waals surface area contributed by atoms with Crippen LogP contribution in [0.15, 0.2) is 36.4 Å². The van der Waals surface area contributed by atoms with Gasteiger partial charge in [0.25, 0.3) is 5.69 Å². The first kappa shape index (κ1) is 21.5. The number of piperidine rings is 1. The second-order valence-corrected chi connectivity index (χ2v) is 7.17. The van der Waals surface area contributed by atoms with Crippen molar-refractivity contribution in [3.63, 3.8) is 0 Å². The van der Waals surface area contributed by atoms with Crippen molar-refractivity contribution in [1.82, 2.24) is 0 Å². The van der Waals surface area contributed by atoms with E-state index in [0.29, 0.717) is 30.2 Å². The Labute approximate surface area is 169 Å². The third-order valence-corrected chi connectivity index (χ3v) is 5.15. The lowest BCUT2D eigenvalue weighted by atomic mass is 9.95. The second kappa shape index (κ2) is 8.29. The molecule has 10 heteroatoms. The molecule has 2 aromatic carbocycles. The fourth-order valence-corrected chi connectivity index (χ4v) is 3.50. The van der Waals surface area contributed by atoms with E-state index in [4.69, 9.17) is 0 Å². The van der Waals surface area contributed by atoms with Crippen LogP contribution in [0.2, 0.25) is 0 Å². The molecule has 0 unspecified atom stereocenters. The molecule has 0 bridgehead atoms. The van der Waals surface area contributed by atoms with Gasteiger partial charge in [-0.15, -0.1) is 0 Å². The minimum absolute atomic E-state index is 0.0984. The van der Waals surface area contributed by atoms with Crippen LogP contribution >= 0.6 is 0 Å². The van der Waals surface area contributed by atoms with Gasteiger partial charge in [0.15, 0.2) is 0 Å². The van der Waals surface area contributed by atoms with Gasteiger partial charge in [-0.05, 0) is 55.7 Å². The van der Waals surface area contributed by atoms with Crippen LogP contribution in [0.3, 0.4) is 0 Å². The highest BCUT2D eigenvalue weighted by Gasteiger charge is 2.35. The smallest absolute Gasteiger partial charge is 0.366 e. The zero-order valence-electron chi connectivity index (χ0n) is 16.0. The number of benzene rings is 2. The summed E-state index contributed by atoms with van der Waals surface area (Å²) < 4.78 is 51.8. The van der Waals surface area contributed by atoms with Crippen molar-refractivity contribution in [2.24, 2.45) is 5.92 Å². The monoisotopic (exact) mass is 425 g/mol. The molecule has 0 saturated carbocycles. The van der Waals surface area contributed by atoms with Gasteiger partial charge < -0.3 is 10.2 Å². The topological polar surface area (TPSA) is 75.5 Å². The molecule has 1 amide bonds. The van der Waals surface area contributed by atoms with Gasteiger partial charge in [0, 0.05) is 30.8 Å². The second-order valence-electron chi connectivity index (χ2n) is 7.17. The Hall–Kier alpha value is -3.17.